The summed E-state index contributed by atoms with van der Waals surface area (Å²) in [5.41, 5.74) is 0.858. The number of piperidine rings is 1. The Hall–Kier alpha value is -2.35. The first-order valence-electron chi connectivity index (χ1n) is 9.41. The molecule has 1 aromatic carbocycles. The molecule has 1 aromatic rings. The summed E-state index contributed by atoms with van der Waals surface area (Å²) in [5.74, 6) is -0.350. The van der Waals surface area contributed by atoms with Gasteiger partial charge in [-0.05, 0) is 51.0 Å². The Morgan fingerprint density at radius 2 is 2.07 bits per heavy atom. The summed E-state index contributed by atoms with van der Waals surface area (Å²) in [7, 11) is 0. The third kappa shape index (κ3) is 6.09. The van der Waals surface area contributed by atoms with E-state index in [0.717, 1.165) is 5.56 Å². The van der Waals surface area contributed by atoms with Crippen molar-refractivity contribution in [2.75, 3.05) is 19.7 Å². The first kappa shape index (κ1) is 21.9. The van der Waals surface area contributed by atoms with Crippen molar-refractivity contribution in [1.29, 1.82) is 0 Å². The summed E-state index contributed by atoms with van der Waals surface area (Å²) in [5, 5.41) is 11.2. The normalized spacial score (nSPS) is 19.9. The van der Waals surface area contributed by atoms with Gasteiger partial charge in [0, 0.05) is 25.9 Å². The number of nitrogens with one attached hydrogen (secondary N) is 1. The van der Waals surface area contributed by atoms with Crippen molar-refractivity contribution < 1.29 is 28.6 Å². The van der Waals surface area contributed by atoms with Gasteiger partial charge in [0.2, 0.25) is 0 Å². The molecule has 0 aliphatic carbocycles. The Labute approximate surface area is 164 Å². The molecular weight excluding hydrogens is 367 g/mol. The van der Waals surface area contributed by atoms with E-state index >= 15 is 0 Å². The summed E-state index contributed by atoms with van der Waals surface area (Å²) in [6.07, 6.45) is -0.642. The van der Waals surface area contributed by atoms with Crippen LogP contribution in [0.1, 0.15) is 50.8 Å². The third-order valence-corrected chi connectivity index (χ3v) is 4.43. The fraction of sp³-hybridized carbons (Fsp3) is 0.600. The van der Waals surface area contributed by atoms with E-state index in [4.69, 9.17) is 14.6 Å². The topological polar surface area (TPSA) is 88.1 Å². The number of benzene rings is 1. The Morgan fingerprint density at radius 1 is 1.36 bits per heavy atom. The fourth-order valence-electron chi connectivity index (χ4n) is 3.24. The summed E-state index contributed by atoms with van der Waals surface area (Å²) < 4.78 is 24.5. The molecule has 2 rings (SSSR count). The number of hydrogen-bond acceptors (Lipinski definition) is 5. The molecule has 28 heavy (non-hydrogen) atoms. The van der Waals surface area contributed by atoms with Gasteiger partial charge in [0.05, 0.1) is 12.6 Å². The number of aliphatic hydroxyl groups excluding tert-OH is 1. The number of hydrogen-bond donors (Lipinski definition) is 2. The van der Waals surface area contributed by atoms with Crippen LogP contribution in [0.3, 0.4) is 0 Å². The Balaban J connectivity index is 2.22. The molecule has 8 heteroatoms. The molecule has 0 bridgehead atoms. The van der Waals surface area contributed by atoms with Gasteiger partial charge in [0.25, 0.3) is 0 Å². The van der Waals surface area contributed by atoms with Gasteiger partial charge in [-0.1, -0.05) is 6.07 Å². The first-order chi connectivity index (χ1) is 13.1. The number of amides is 2. The van der Waals surface area contributed by atoms with E-state index in [1.807, 2.05) is 0 Å². The Morgan fingerprint density at radius 3 is 2.68 bits per heavy atom. The van der Waals surface area contributed by atoms with Crippen LogP contribution in [-0.4, -0.2) is 53.6 Å². The Bertz CT molecular complexity index is 704. The number of halogens is 1. The highest BCUT2D eigenvalue weighted by Gasteiger charge is 2.37. The van der Waals surface area contributed by atoms with Gasteiger partial charge >= 0.3 is 12.2 Å². The monoisotopic (exact) mass is 396 g/mol. The molecule has 156 valence electrons. The lowest BCUT2D eigenvalue weighted by Crippen LogP contribution is -2.46. The van der Waals surface area contributed by atoms with E-state index in [1.165, 1.54) is 12.1 Å². The Kier molecular flexibility index (Phi) is 7.23. The van der Waals surface area contributed by atoms with Crippen molar-refractivity contribution in [3.05, 3.63) is 35.1 Å². The zero-order valence-corrected chi connectivity index (χ0v) is 16.8. The number of aryl methyl sites for hydroxylation is 1. The lowest BCUT2D eigenvalue weighted by molar-refractivity contribution is -0.0126. The van der Waals surface area contributed by atoms with Crippen LogP contribution in [0, 0.1) is 12.7 Å². The van der Waals surface area contributed by atoms with Crippen LogP contribution in [0.25, 0.3) is 0 Å². The van der Waals surface area contributed by atoms with Crippen LogP contribution in [0.5, 0.6) is 0 Å². The first-order valence-corrected chi connectivity index (χ1v) is 9.41. The standard InChI is InChI=1S/C20H29FN2O5/c1-13-11-14(21)5-6-16(13)17-12-15(27-18(25)22-8-10-24)7-9-23(17)19(26)28-20(2,3)4/h5-6,11,15,17,24H,7-10,12H2,1-4H3,(H,22,25). The van der Waals surface area contributed by atoms with Crippen molar-refractivity contribution in [1.82, 2.24) is 10.2 Å². The summed E-state index contributed by atoms with van der Waals surface area (Å²) in [6.45, 7) is 7.44. The van der Waals surface area contributed by atoms with Crippen LogP contribution >= 0.6 is 0 Å². The molecule has 0 radical (unpaired) electrons. The zero-order valence-electron chi connectivity index (χ0n) is 16.8. The molecule has 2 amide bonds. The highest BCUT2D eigenvalue weighted by atomic mass is 19.1. The van der Waals surface area contributed by atoms with Gasteiger partial charge in [-0.25, -0.2) is 14.0 Å². The molecule has 2 atom stereocenters. The van der Waals surface area contributed by atoms with Crippen molar-refractivity contribution in [2.45, 2.75) is 58.3 Å². The molecule has 1 heterocycles. The second kappa shape index (κ2) is 9.23. The summed E-state index contributed by atoms with van der Waals surface area (Å²) in [4.78, 5) is 26.2. The van der Waals surface area contributed by atoms with Gasteiger partial charge in [0.1, 0.15) is 17.5 Å². The number of likely N-dealkylation sites (tertiary alicyclic amines) is 1. The second-order valence-electron chi connectivity index (χ2n) is 7.89. The predicted molar refractivity (Wildman–Crippen MR) is 101 cm³/mol. The molecule has 2 unspecified atom stereocenters. The maximum Gasteiger partial charge on any atom is 0.410 e. The van der Waals surface area contributed by atoms with Crippen molar-refractivity contribution >= 4 is 12.2 Å². The van der Waals surface area contributed by atoms with Gasteiger partial charge in [-0.2, -0.15) is 0 Å². The number of carbonyl (C=O) groups excluding carboxylic acids is 2. The maximum atomic E-state index is 13.6. The lowest BCUT2D eigenvalue weighted by atomic mass is 9.91. The summed E-state index contributed by atoms with van der Waals surface area (Å²) in [6, 6.07) is 4.02. The molecule has 0 spiro atoms. The van der Waals surface area contributed by atoms with Crippen molar-refractivity contribution in [3.63, 3.8) is 0 Å². The van der Waals surface area contributed by atoms with Gasteiger partial charge in [-0.15, -0.1) is 0 Å². The van der Waals surface area contributed by atoms with Crippen LogP contribution < -0.4 is 5.32 Å². The SMILES string of the molecule is Cc1cc(F)ccc1C1CC(OC(=O)NCCO)CCN1C(=O)OC(C)(C)C. The number of aliphatic hydroxyl groups is 1. The third-order valence-electron chi connectivity index (χ3n) is 4.43. The van der Waals surface area contributed by atoms with Crippen LogP contribution in [0.2, 0.25) is 0 Å². The zero-order chi connectivity index (χ0) is 20.9. The summed E-state index contributed by atoms with van der Waals surface area (Å²) >= 11 is 0. The minimum Gasteiger partial charge on any atom is -0.446 e. The molecule has 1 saturated heterocycles. The molecular formula is C20H29FN2O5. The smallest absolute Gasteiger partial charge is 0.410 e. The minimum atomic E-state index is -0.642. The van der Waals surface area contributed by atoms with Crippen LogP contribution in [-0.2, 0) is 9.47 Å². The molecule has 0 saturated carbocycles. The van der Waals surface area contributed by atoms with Gasteiger partial charge < -0.3 is 24.8 Å². The maximum absolute atomic E-state index is 13.6. The van der Waals surface area contributed by atoms with Crippen molar-refractivity contribution in [3.8, 4) is 0 Å². The van der Waals surface area contributed by atoms with E-state index in [0.29, 0.717) is 24.9 Å². The second-order valence-corrected chi connectivity index (χ2v) is 7.89. The number of carbonyl (C=O) groups is 2. The van der Waals surface area contributed by atoms with Crippen LogP contribution in [0.4, 0.5) is 14.0 Å². The molecule has 1 aliphatic rings. The van der Waals surface area contributed by atoms with E-state index in [-0.39, 0.29) is 19.0 Å². The highest BCUT2D eigenvalue weighted by Crippen LogP contribution is 2.35. The molecule has 7 nitrogen and oxygen atoms in total. The highest BCUT2D eigenvalue weighted by molar-refractivity contribution is 5.69. The fourth-order valence-corrected chi connectivity index (χ4v) is 3.24. The molecule has 1 fully saturated rings. The average molecular weight is 396 g/mol. The number of nitrogens with zero attached hydrogens (tertiary/aromatic N) is 1. The average Bonchev–Trinajstić information content (AvgIpc) is 2.58. The molecule has 0 aromatic heterocycles. The molecule has 2 N–H and O–H groups in total. The van der Waals surface area contributed by atoms with E-state index in [1.54, 1.807) is 38.7 Å². The quantitative estimate of drug-likeness (QED) is 0.815. The number of rotatable bonds is 4. The van der Waals surface area contributed by atoms with Crippen LogP contribution in [0.15, 0.2) is 18.2 Å². The van der Waals surface area contributed by atoms with Gasteiger partial charge in [-0.3, -0.25) is 0 Å². The lowest BCUT2D eigenvalue weighted by Gasteiger charge is -2.40. The predicted octanol–water partition coefficient (Wildman–Crippen LogP) is 3.29. The van der Waals surface area contributed by atoms with Crippen molar-refractivity contribution in [2.24, 2.45) is 0 Å². The van der Waals surface area contributed by atoms with E-state index in [9.17, 15) is 14.0 Å². The largest absolute Gasteiger partial charge is 0.446 e. The number of alkyl carbamates (subject to hydrolysis) is 1. The minimum absolute atomic E-state index is 0.107. The van der Waals surface area contributed by atoms with E-state index in [2.05, 4.69) is 5.32 Å². The number of ether oxygens (including phenoxy) is 2. The van der Waals surface area contributed by atoms with Gasteiger partial charge in [0.15, 0.2) is 0 Å². The molecule has 1 aliphatic heterocycles. The van der Waals surface area contributed by atoms with E-state index < -0.39 is 29.9 Å².